The fourth-order valence-corrected chi connectivity index (χ4v) is 4.35. The second-order valence-electron chi connectivity index (χ2n) is 7.23. The average molecular weight is 484 g/mol. The van der Waals surface area contributed by atoms with Crippen molar-refractivity contribution in [2.45, 2.75) is 18.6 Å². The Kier molecular flexibility index (Phi) is 6.84. The van der Waals surface area contributed by atoms with E-state index in [1.165, 1.54) is 11.8 Å². The van der Waals surface area contributed by atoms with Crippen molar-refractivity contribution in [3.8, 4) is 5.69 Å². The number of carbonyl (C=O) groups excluding carboxylic acids is 1. The van der Waals surface area contributed by atoms with Crippen LogP contribution in [0.5, 0.6) is 0 Å². The van der Waals surface area contributed by atoms with E-state index >= 15 is 0 Å². The first kappa shape index (κ1) is 22.4. The lowest BCUT2D eigenvalue weighted by Crippen LogP contribution is -2.26. The van der Waals surface area contributed by atoms with Crippen LogP contribution in [0.1, 0.15) is 11.1 Å². The number of halogens is 2. The lowest BCUT2D eigenvalue weighted by molar-refractivity contribution is -0.118. The first-order chi connectivity index (χ1) is 15.4. The Balaban J connectivity index is 1.61. The number of hydrogen-bond donors (Lipinski definition) is 1. The Hall–Kier alpha value is -2.80. The Morgan fingerprint density at radius 1 is 1.03 bits per heavy atom. The van der Waals surface area contributed by atoms with Crippen molar-refractivity contribution < 1.29 is 4.79 Å². The van der Waals surface area contributed by atoms with E-state index in [4.69, 9.17) is 23.2 Å². The van der Waals surface area contributed by atoms with Crippen molar-refractivity contribution in [1.29, 1.82) is 0 Å². The maximum Gasteiger partial charge on any atom is 0.266 e. The van der Waals surface area contributed by atoms with Gasteiger partial charge in [0.25, 0.3) is 5.56 Å². The SMILES string of the molecule is Cc1cccc(-n2c(SCC(=O)NCc3ccc(Cl)cc3)nc3cc(Cl)ccc3c2=O)c1. The molecule has 8 heteroatoms. The highest BCUT2D eigenvalue weighted by Gasteiger charge is 2.15. The van der Waals surface area contributed by atoms with Gasteiger partial charge in [0.05, 0.1) is 22.3 Å². The summed E-state index contributed by atoms with van der Waals surface area (Å²) in [4.78, 5) is 30.4. The summed E-state index contributed by atoms with van der Waals surface area (Å²) < 4.78 is 1.54. The largest absolute Gasteiger partial charge is 0.351 e. The molecule has 0 aliphatic carbocycles. The molecule has 0 saturated carbocycles. The van der Waals surface area contributed by atoms with Gasteiger partial charge in [0.15, 0.2) is 5.16 Å². The molecule has 0 aliphatic rings. The van der Waals surface area contributed by atoms with Gasteiger partial charge in [-0.05, 0) is 60.5 Å². The van der Waals surface area contributed by atoms with Crippen LogP contribution < -0.4 is 10.9 Å². The lowest BCUT2D eigenvalue weighted by Gasteiger charge is -2.14. The van der Waals surface area contributed by atoms with Crippen LogP contribution in [0.2, 0.25) is 10.0 Å². The molecule has 32 heavy (non-hydrogen) atoms. The zero-order valence-corrected chi connectivity index (χ0v) is 19.5. The van der Waals surface area contributed by atoms with Gasteiger partial charge in [-0.1, -0.05) is 59.2 Å². The van der Waals surface area contributed by atoms with Crippen molar-refractivity contribution in [3.05, 3.63) is 98.3 Å². The zero-order valence-electron chi connectivity index (χ0n) is 17.1. The Morgan fingerprint density at radius 3 is 2.53 bits per heavy atom. The summed E-state index contributed by atoms with van der Waals surface area (Å²) in [6.45, 7) is 2.35. The molecular weight excluding hydrogens is 465 g/mol. The summed E-state index contributed by atoms with van der Waals surface area (Å²) >= 11 is 13.2. The molecule has 5 nitrogen and oxygen atoms in total. The van der Waals surface area contributed by atoms with Crippen LogP contribution in [0.25, 0.3) is 16.6 Å². The molecular formula is C24H19Cl2N3O2S. The number of nitrogens with zero attached hydrogens (tertiary/aromatic N) is 2. The van der Waals surface area contributed by atoms with Gasteiger partial charge in [-0.25, -0.2) is 4.98 Å². The van der Waals surface area contributed by atoms with E-state index < -0.39 is 0 Å². The molecule has 4 rings (SSSR count). The molecule has 1 aromatic heterocycles. The van der Waals surface area contributed by atoms with Crippen LogP contribution in [0.4, 0.5) is 0 Å². The van der Waals surface area contributed by atoms with Crippen molar-refractivity contribution in [1.82, 2.24) is 14.9 Å². The molecule has 0 bridgehead atoms. The number of rotatable bonds is 6. The third-order valence-electron chi connectivity index (χ3n) is 4.80. The van der Waals surface area contributed by atoms with Gasteiger partial charge in [-0.2, -0.15) is 0 Å². The fourth-order valence-electron chi connectivity index (χ4n) is 3.21. The normalized spacial score (nSPS) is 11.0. The highest BCUT2D eigenvalue weighted by molar-refractivity contribution is 7.99. The number of carbonyl (C=O) groups is 1. The number of aryl methyl sites for hydroxylation is 1. The summed E-state index contributed by atoms with van der Waals surface area (Å²) in [6.07, 6.45) is 0. The van der Waals surface area contributed by atoms with Crippen molar-refractivity contribution in [2.24, 2.45) is 0 Å². The van der Waals surface area contributed by atoms with E-state index in [9.17, 15) is 9.59 Å². The predicted octanol–water partition coefficient (Wildman–Crippen LogP) is 5.41. The van der Waals surface area contributed by atoms with Crippen molar-refractivity contribution in [2.75, 3.05) is 5.75 Å². The maximum atomic E-state index is 13.3. The Labute approximate surface area is 199 Å². The van der Waals surface area contributed by atoms with Crippen LogP contribution in [-0.2, 0) is 11.3 Å². The van der Waals surface area contributed by atoms with Gasteiger partial charge in [0.1, 0.15) is 0 Å². The molecule has 0 spiro atoms. The van der Waals surface area contributed by atoms with Gasteiger partial charge in [0, 0.05) is 16.6 Å². The second kappa shape index (κ2) is 9.77. The van der Waals surface area contributed by atoms with E-state index in [-0.39, 0.29) is 17.2 Å². The van der Waals surface area contributed by atoms with E-state index in [2.05, 4.69) is 10.3 Å². The first-order valence-electron chi connectivity index (χ1n) is 9.84. The molecule has 0 aliphatic heterocycles. The summed E-state index contributed by atoms with van der Waals surface area (Å²) in [5.74, 6) is -0.0565. The molecule has 1 amide bonds. The predicted molar refractivity (Wildman–Crippen MR) is 131 cm³/mol. The zero-order chi connectivity index (χ0) is 22.7. The van der Waals surface area contributed by atoms with Gasteiger partial charge >= 0.3 is 0 Å². The molecule has 4 aromatic rings. The lowest BCUT2D eigenvalue weighted by atomic mass is 10.2. The van der Waals surface area contributed by atoms with Crippen LogP contribution in [0.15, 0.2) is 76.7 Å². The minimum atomic E-state index is -0.207. The Morgan fingerprint density at radius 2 is 1.78 bits per heavy atom. The first-order valence-corrected chi connectivity index (χ1v) is 11.6. The van der Waals surface area contributed by atoms with Crippen LogP contribution >= 0.6 is 35.0 Å². The third-order valence-corrected chi connectivity index (χ3v) is 6.22. The van der Waals surface area contributed by atoms with Crippen LogP contribution in [0.3, 0.4) is 0 Å². The maximum absolute atomic E-state index is 13.3. The fraction of sp³-hybridized carbons (Fsp3) is 0.125. The smallest absolute Gasteiger partial charge is 0.266 e. The molecule has 0 atom stereocenters. The molecule has 3 aromatic carbocycles. The summed E-state index contributed by atoms with van der Waals surface area (Å²) in [5.41, 5.74) is 2.95. The molecule has 1 heterocycles. The van der Waals surface area contributed by atoms with Crippen molar-refractivity contribution in [3.63, 3.8) is 0 Å². The molecule has 0 saturated heterocycles. The topological polar surface area (TPSA) is 64.0 Å². The monoisotopic (exact) mass is 483 g/mol. The standard InChI is InChI=1S/C24H19Cl2N3O2S/c1-15-3-2-4-19(11-15)29-23(31)20-10-9-18(26)12-21(20)28-24(29)32-14-22(30)27-13-16-5-7-17(25)8-6-16/h2-12H,13-14H2,1H3,(H,27,30). The minimum Gasteiger partial charge on any atom is -0.351 e. The summed E-state index contributed by atoms with van der Waals surface area (Å²) in [6, 6.07) is 19.9. The molecule has 162 valence electrons. The van der Waals surface area contributed by atoms with Gasteiger partial charge < -0.3 is 5.32 Å². The van der Waals surface area contributed by atoms with Crippen molar-refractivity contribution >= 4 is 51.8 Å². The number of aromatic nitrogens is 2. The average Bonchev–Trinajstić information content (AvgIpc) is 2.77. The molecule has 1 N–H and O–H groups in total. The minimum absolute atomic E-state index is 0.109. The third kappa shape index (κ3) is 5.15. The number of nitrogens with one attached hydrogen (secondary N) is 1. The number of amides is 1. The number of hydrogen-bond acceptors (Lipinski definition) is 4. The number of thioether (sulfide) groups is 1. The highest BCUT2D eigenvalue weighted by atomic mass is 35.5. The quantitative estimate of drug-likeness (QED) is 0.294. The van der Waals surface area contributed by atoms with Gasteiger partial charge in [-0.15, -0.1) is 0 Å². The van der Waals surface area contributed by atoms with Crippen LogP contribution in [-0.4, -0.2) is 21.2 Å². The number of fused-ring (bicyclic) bond motifs is 1. The molecule has 0 fully saturated rings. The van der Waals surface area contributed by atoms with E-state index in [1.54, 1.807) is 34.9 Å². The van der Waals surface area contributed by atoms with Gasteiger partial charge in [0.2, 0.25) is 5.91 Å². The van der Waals surface area contributed by atoms with E-state index in [0.29, 0.717) is 38.3 Å². The summed E-state index contributed by atoms with van der Waals surface area (Å²) in [5, 5.41) is 4.91. The van der Waals surface area contributed by atoms with Crippen LogP contribution in [0, 0.1) is 6.92 Å². The molecule has 0 unspecified atom stereocenters. The van der Waals surface area contributed by atoms with E-state index in [1.807, 2.05) is 43.3 Å². The highest BCUT2D eigenvalue weighted by Crippen LogP contribution is 2.23. The van der Waals surface area contributed by atoms with E-state index in [0.717, 1.165) is 11.1 Å². The second-order valence-corrected chi connectivity index (χ2v) is 9.04. The number of benzene rings is 3. The summed E-state index contributed by atoms with van der Waals surface area (Å²) in [7, 11) is 0. The van der Waals surface area contributed by atoms with Gasteiger partial charge in [-0.3, -0.25) is 14.2 Å². The molecule has 0 radical (unpaired) electrons. The Bertz CT molecular complexity index is 1350.